The highest BCUT2D eigenvalue weighted by atomic mass is 16.7. The van der Waals surface area contributed by atoms with Crippen LogP contribution in [0.5, 0.6) is 5.75 Å². The number of methoxy groups -OCH3 is 1. The predicted molar refractivity (Wildman–Crippen MR) is 80.7 cm³/mol. The Morgan fingerprint density at radius 3 is 2.59 bits per heavy atom. The Hall–Kier alpha value is -1.68. The minimum absolute atomic E-state index is 0.408. The summed E-state index contributed by atoms with van der Waals surface area (Å²) < 4.78 is 16.8. The van der Waals surface area contributed by atoms with Crippen molar-refractivity contribution in [3.8, 4) is 5.75 Å². The van der Waals surface area contributed by atoms with Crippen LogP contribution in [0.4, 0.5) is 0 Å². The molecule has 0 atom stereocenters. The van der Waals surface area contributed by atoms with Gasteiger partial charge in [-0.1, -0.05) is 12.1 Å². The quantitative estimate of drug-likeness (QED) is 0.634. The molecule has 0 unspecified atom stereocenters. The lowest BCUT2D eigenvalue weighted by Crippen LogP contribution is -2.43. The van der Waals surface area contributed by atoms with Crippen molar-refractivity contribution in [2.75, 3.05) is 20.3 Å². The lowest BCUT2D eigenvalue weighted by molar-refractivity contribution is -0.184. The van der Waals surface area contributed by atoms with Crippen LogP contribution in [0.25, 0.3) is 0 Å². The third-order valence-corrected chi connectivity index (χ3v) is 4.71. The van der Waals surface area contributed by atoms with Crippen molar-refractivity contribution >= 4 is 6.08 Å². The molecule has 1 saturated heterocycles. The van der Waals surface area contributed by atoms with Crippen LogP contribution in [-0.4, -0.2) is 37.7 Å². The molecular formula is C17H21NO4. The zero-order chi connectivity index (χ0) is 15.5. The Bertz CT molecular complexity index is 564. The zero-order valence-corrected chi connectivity index (χ0v) is 12.8. The summed E-state index contributed by atoms with van der Waals surface area (Å²) in [5.41, 5.74) is 0.705. The molecule has 1 heterocycles. The van der Waals surface area contributed by atoms with Gasteiger partial charge in [0.15, 0.2) is 5.79 Å². The third-order valence-electron chi connectivity index (χ3n) is 4.71. The van der Waals surface area contributed by atoms with Gasteiger partial charge in [0, 0.05) is 12.8 Å². The summed E-state index contributed by atoms with van der Waals surface area (Å²) >= 11 is 0. The van der Waals surface area contributed by atoms with Crippen molar-refractivity contribution in [2.45, 2.75) is 43.4 Å². The lowest BCUT2D eigenvalue weighted by atomic mass is 9.75. The van der Waals surface area contributed by atoms with Crippen molar-refractivity contribution in [1.29, 1.82) is 0 Å². The normalized spacial score (nSPS) is 22.2. The van der Waals surface area contributed by atoms with Gasteiger partial charge in [0.25, 0.3) is 0 Å². The third kappa shape index (κ3) is 3.07. The second-order valence-corrected chi connectivity index (χ2v) is 6.06. The molecule has 22 heavy (non-hydrogen) atoms. The average Bonchev–Trinajstić information content (AvgIpc) is 3.00. The van der Waals surface area contributed by atoms with Crippen LogP contribution >= 0.6 is 0 Å². The Morgan fingerprint density at radius 1 is 1.23 bits per heavy atom. The molecule has 1 saturated carbocycles. The van der Waals surface area contributed by atoms with Crippen LogP contribution in [0.2, 0.25) is 0 Å². The van der Waals surface area contributed by atoms with Crippen molar-refractivity contribution in [3.05, 3.63) is 29.8 Å². The van der Waals surface area contributed by atoms with E-state index in [2.05, 4.69) is 4.99 Å². The SMILES string of the molecule is COc1cccc(CC2(N=C=O)CCC3(CC2)OCCO3)c1. The number of hydrogen-bond donors (Lipinski definition) is 0. The summed E-state index contributed by atoms with van der Waals surface area (Å²) in [7, 11) is 1.65. The maximum absolute atomic E-state index is 10.9. The monoisotopic (exact) mass is 303 g/mol. The van der Waals surface area contributed by atoms with Gasteiger partial charge in [-0.15, -0.1) is 0 Å². The number of nitrogens with zero attached hydrogens (tertiary/aromatic N) is 1. The van der Waals surface area contributed by atoms with Crippen LogP contribution in [0.1, 0.15) is 31.2 Å². The summed E-state index contributed by atoms with van der Waals surface area (Å²) in [5, 5.41) is 0. The fourth-order valence-corrected chi connectivity index (χ4v) is 3.47. The minimum atomic E-state index is -0.448. The van der Waals surface area contributed by atoms with Crippen LogP contribution in [0.15, 0.2) is 29.3 Å². The standard InChI is InChI=1S/C17H21NO4/c1-20-15-4-2-3-14(11-15)12-16(18-13-19)5-7-17(8-6-16)21-9-10-22-17/h2-4,11H,5-10,12H2,1H3. The van der Waals surface area contributed by atoms with Gasteiger partial charge >= 0.3 is 0 Å². The first kappa shape index (κ1) is 15.2. The van der Waals surface area contributed by atoms with E-state index in [1.165, 1.54) is 0 Å². The van der Waals surface area contributed by atoms with E-state index in [0.717, 1.165) is 37.0 Å². The van der Waals surface area contributed by atoms with Crippen molar-refractivity contribution in [3.63, 3.8) is 0 Å². The van der Waals surface area contributed by atoms with E-state index in [0.29, 0.717) is 19.6 Å². The van der Waals surface area contributed by atoms with Gasteiger partial charge in [0.2, 0.25) is 6.08 Å². The molecule has 0 radical (unpaired) electrons. The molecule has 118 valence electrons. The number of ether oxygens (including phenoxy) is 3. The molecule has 1 aliphatic heterocycles. The highest BCUT2D eigenvalue weighted by Gasteiger charge is 2.46. The molecule has 1 aromatic carbocycles. The van der Waals surface area contributed by atoms with Crippen LogP contribution < -0.4 is 4.74 Å². The van der Waals surface area contributed by atoms with E-state index >= 15 is 0 Å². The number of benzene rings is 1. The largest absolute Gasteiger partial charge is 0.497 e. The molecule has 1 spiro atoms. The maximum Gasteiger partial charge on any atom is 0.235 e. The number of carbonyl (C=O) groups excluding carboxylic acids is 1. The van der Waals surface area contributed by atoms with Gasteiger partial charge in [0.1, 0.15) is 5.75 Å². The maximum atomic E-state index is 10.9. The molecule has 1 aromatic rings. The topological polar surface area (TPSA) is 57.1 Å². The van der Waals surface area contributed by atoms with E-state index < -0.39 is 11.3 Å². The molecule has 2 aliphatic rings. The predicted octanol–water partition coefficient (Wildman–Crippen LogP) is 2.63. The first-order valence-electron chi connectivity index (χ1n) is 7.69. The number of hydrogen-bond acceptors (Lipinski definition) is 5. The Labute approximate surface area is 130 Å². The first-order chi connectivity index (χ1) is 10.7. The van der Waals surface area contributed by atoms with Gasteiger partial charge in [-0.3, -0.25) is 0 Å². The minimum Gasteiger partial charge on any atom is -0.497 e. The summed E-state index contributed by atoms with van der Waals surface area (Å²) in [6.07, 6.45) is 5.53. The van der Waals surface area contributed by atoms with E-state index in [-0.39, 0.29) is 0 Å². The fourth-order valence-electron chi connectivity index (χ4n) is 3.47. The van der Waals surface area contributed by atoms with Crippen molar-refractivity contribution < 1.29 is 19.0 Å². The highest BCUT2D eigenvalue weighted by Crippen LogP contribution is 2.43. The average molecular weight is 303 g/mol. The van der Waals surface area contributed by atoms with Crippen molar-refractivity contribution in [2.24, 2.45) is 4.99 Å². The molecule has 5 nitrogen and oxygen atoms in total. The smallest absolute Gasteiger partial charge is 0.235 e. The van der Waals surface area contributed by atoms with Gasteiger partial charge in [-0.25, -0.2) is 4.79 Å². The Kier molecular flexibility index (Phi) is 4.30. The number of aliphatic imine (C=N–C) groups is 1. The molecule has 2 fully saturated rings. The highest BCUT2D eigenvalue weighted by molar-refractivity contribution is 5.37. The van der Waals surface area contributed by atoms with E-state index in [1.807, 2.05) is 24.3 Å². The molecule has 0 bridgehead atoms. The summed E-state index contributed by atoms with van der Waals surface area (Å²) in [5.74, 6) is 0.369. The Morgan fingerprint density at radius 2 is 1.95 bits per heavy atom. The van der Waals surface area contributed by atoms with Gasteiger partial charge < -0.3 is 14.2 Å². The zero-order valence-electron chi connectivity index (χ0n) is 12.8. The molecule has 3 rings (SSSR count). The first-order valence-corrected chi connectivity index (χ1v) is 7.69. The summed E-state index contributed by atoms with van der Waals surface area (Å²) in [4.78, 5) is 15.1. The molecular weight excluding hydrogens is 282 g/mol. The van der Waals surface area contributed by atoms with Crippen LogP contribution in [-0.2, 0) is 20.7 Å². The van der Waals surface area contributed by atoms with Gasteiger partial charge in [0.05, 0.1) is 25.9 Å². The fraction of sp³-hybridized carbons (Fsp3) is 0.588. The lowest BCUT2D eigenvalue weighted by Gasteiger charge is -2.40. The summed E-state index contributed by atoms with van der Waals surface area (Å²) in [6.45, 7) is 1.31. The van der Waals surface area contributed by atoms with E-state index in [4.69, 9.17) is 14.2 Å². The molecule has 0 aromatic heterocycles. The second-order valence-electron chi connectivity index (χ2n) is 6.06. The molecule has 0 amide bonds. The van der Waals surface area contributed by atoms with Gasteiger partial charge in [-0.2, -0.15) is 4.99 Å². The molecule has 0 N–H and O–H groups in total. The van der Waals surface area contributed by atoms with Crippen molar-refractivity contribution in [1.82, 2.24) is 0 Å². The number of rotatable bonds is 4. The van der Waals surface area contributed by atoms with E-state index in [9.17, 15) is 4.79 Å². The Balaban J connectivity index is 1.76. The van der Waals surface area contributed by atoms with Gasteiger partial charge in [-0.05, 0) is 37.0 Å². The van der Waals surface area contributed by atoms with E-state index in [1.54, 1.807) is 13.2 Å². The second kappa shape index (κ2) is 6.21. The number of isocyanates is 1. The van der Waals surface area contributed by atoms with Crippen LogP contribution in [0.3, 0.4) is 0 Å². The molecule has 1 aliphatic carbocycles. The van der Waals surface area contributed by atoms with Crippen LogP contribution in [0, 0.1) is 0 Å². The molecule has 5 heteroatoms. The summed E-state index contributed by atoms with van der Waals surface area (Å²) in [6, 6.07) is 7.90.